The number of aryl methyl sites for hydroxylation is 1. The molecule has 4 nitrogen and oxygen atoms in total. The molecular weight excluding hydrogens is 431 g/mol. The number of hydrogen-bond acceptors (Lipinski definition) is 5. The number of halogens is 3. The normalized spacial score (nSPS) is 15.5. The minimum atomic E-state index is -4.51. The third kappa shape index (κ3) is 4.48. The number of pyridine rings is 1. The molecule has 1 fully saturated rings. The smallest absolute Gasteiger partial charge is 0.321 e. The van der Waals surface area contributed by atoms with Crippen molar-refractivity contribution < 1.29 is 18.0 Å². The highest BCUT2D eigenvalue weighted by atomic mass is 32.2. The van der Waals surface area contributed by atoms with Crippen LogP contribution in [0.1, 0.15) is 26.5 Å². The fourth-order valence-corrected chi connectivity index (χ4v) is 5.49. The van der Waals surface area contributed by atoms with Gasteiger partial charge in [-0.05, 0) is 36.2 Å². The second kappa shape index (κ2) is 8.56. The summed E-state index contributed by atoms with van der Waals surface area (Å²) < 4.78 is 38.9. The standard InChI is InChI=1S/C21H20F3N3OS2/c1-13-15-6-7-17(21(22,23)24)26-20(15)30-18(13)19(28)25-16-5-3-2-4-14(16)12-27-8-10-29-11-9-27/h2-7H,8-12H2,1H3,(H,25,28). The molecule has 1 aliphatic rings. The van der Waals surface area contributed by atoms with E-state index in [-0.39, 0.29) is 10.7 Å². The Balaban J connectivity index is 1.58. The average Bonchev–Trinajstić information content (AvgIpc) is 3.06. The van der Waals surface area contributed by atoms with Crippen molar-refractivity contribution in [1.82, 2.24) is 9.88 Å². The first-order valence-corrected chi connectivity index (χ1v) is 11.5. The molecule has 0 aliphatic carbocycles. The number of alkyl halides is 3. The third-order valence-corrected chi connectivity index (χ3v) is 7.21. The first-order valence-electron chi connectivity index (χ1n) is 9.49. The summed E-state index contributed by atoms with van der Waals surface area (Å²) in [6.45, 7) is 4.50. The van der Waals surface area contributed by atoms with Gasteiger partial charge in [-0.15, -0.1) is 11.3 Å². The predicted octanol–water partition coefficient (Wildman–Crippen LogP) is 5.42. The Labute approximate surface area is 180 Å². The second-order valence-electron chi connectivity index (χ2n) is 7.10. The summed E-state index contributed by atoms with van der Waals surface area (Å²) in [6.07, 6.45) is -4.51. The molecule has 3 aromatic rings. The Bertz CT molecular complexity index is 1080. The first-order chi connectivity index (χ1) is 14.3. The van der Waals surface area contributed by atoms with E-state index in [1.54, 1.807) is 6.92 Å². The number of nitrogens with one attached hydrogen (secondary N) is 1. The molecule has 30 heavy (non-hydrogen) atoms. The van der Waals surface area contributed by atoms with Crippen LogP contribution in [0.5, 0.6) is 0 Å². The molecule has 1 saturated heterocycles. The van der Waals surface area contributed by atoms with Crippen LogP contribution in [0.2, 0.25) is 0 Å². The number of para-hydroxylation sites is 1. The molecule has 1 aromatic carbocycles. The van der Waals surface area contributed by atoms with Gasteiger partial charge in [0.1, 0.15) is 10.5 Å². The van der Waals surface area contributed by atoms with Crippen molar-refractivity contribution in [2.75, 3.05) is 29.9 Å². The van der Waals surface area contributed by atoms with Gasteiger partial charge in [-0.3, -0.25) is 9.69 Å². The number of anilines is 1. The summed E-state index contributed by atoms with van der Waals surface area (Å²) >= 11 is 2.93. The lowest BCUT2D eigenvalue weighted by molar-refractivity contribution is -0.140. The molecule has 0 bridgehead atoms. The zero-order valence-corrected chi connectivity index (χ0v) is 17.9. The molecule has 1 aliphatic heterocycles. The predicted molar refractivity (Wildman–Crippen MR) is 116 cm³/mol. The Morgan fingerprint density at radius 1 is 1.17 bits per heavy atom. The molecular formula is C21H20F3N3OS2. The fraction of sp³-hybridized carbons (Fsp3) is 0.333. The maximum absolute atomic E-state index is 13.0. The molecule has 0 saturated carbocycles. The number of hydrogen-bond donors (Lipinski definition) is 1. The molecule has 158 valence electrons. The van der Waals surface area contributed by atoms with Gasteiger partial charge in [-0.2, -0.15) is 24.9 Å². The SMILES string of the molecule is Cc1c(C(=O)Nc2ccccc2CN2CCSCC2)sc2nc(C(F)(F)F)ccc12. The number of fused-ring (bicyclic) bond motifs is 1. The number of carbonyl (C=O) groups excluding carboxylic acids is 1. The van der Waals surface area contributed by atoms with E-state index in [1.165, 1.54) is 6.07 Å². The third-order valence-electron chi connectivity index (χ3n) is 5.06. The molecule has 0 atom stereocenters. The number of thiophene rings is 1. The van der Waals surface area contributed by atoms with Crippen LogP contribution in [-0.2, 0) is 12.7 Å². The van der Waals surface area contributed by atoms with Crippen molar-refractivity contribution in [2.24, 2.45) is 0 Å². The highest BCUT2D eigenvalue weighted by Gasteiger charge is 2.33. The highest BCUT2D eigenvalue weighted by molar-refractivity contribution is 7.99. The highest BCUT2D eigenvalue weighted by Crippen LogP contribution is 2.34. The largest absolute Gasteiger partial charge is 0.433 e. The van der Waals surface area contributed by atoms with Gasteiger partial charge in [0.15, 0.2) is 0 Å². The van der Waals surface area contributed by atoms with Crippen LogP contribution in [-0.4, -0.2) is 40.4 Å². The Hall–Kier alpha value is -2.10. The first kappa shape index (κ1) is 21.1. The monoisotopic (exact) mass is 451 g/mol. The zero-order chi connectivity index (χ0) is 21.3. The van der Waals surface area contributed by atoms with E-state index in [1.807, 2.05) is 36.0 Å². The molecule has 2 aromatic heterocycles. The van der Waals surface area contributed by atoms with E-state index in [2.05, 4.69) is 15.2 Å². The van der Waals surface area contributed by atoms with Crippen molar-refractivity contribution in [3.8, 4) is 0 Å². The van der Waals surface area contributed by atoms with E-state index in [4.69, 9.17) is 0 Å². The second-order valence-corrected chi connectivity index (χ2v) is 9.33. The van der Waals surface area contributed by atoms with Crippen LogP contribution in [0.15, 0.2) is 36.4 Å². The molecule has 3 heterocycles. The summed E-state index contributed by atoms with van der Waals surface area (Å²) in [5, 5.41) is 3.52. The van der Waals surface area contributed by atoms with E-state index < -0.39 is 11.9 Å². The number of benzene rings is 1. The summed E-state index contributed by atoms with van der Waals surface area (Å²) in [4.78, 5) is 19.6. The van der Waals surface area contributed by atoms with Gasteiger partial charge >= 0.3 is 6.18 Å². The summed E-state index contributed by atoms with van der Waals surface area (Å²) in [6, 6.07) is 9.99. The van der Waals surface area contributed by atoms with Crippen molar-refractivity contribution in [3.05, 3.63) is 58.1 Å². The van der Waals surface area contributed by atoms with Gasteiger partial charge in [0.05, 0.1) is 4.88 Å². The minimum absolute atomic E-state index is 0.214. The van der Waals surface area contributed by atoms with Crippen LogP contribution in [0.4, 0.5) is 18.9 Å². The molecule has 4 rings (SSSR count). The number of amides is 1. The minimum Gasteiger partial charge on any atom is -0.321 e. The van der Waals surface area contributed by atoms with Gasteiger partial charge in [-0.25, -0.2) is 4.98 Å². The van der Waals surface area contributed by atoms with Crippen LogP contribution >= 0.6 is 23.1 Å². The maximum Gasteiger partial charge on any atom is 0.433 e. The van der Waals surface area contributed by atoms with Gasteiger partial charge in [-0.1, -0.05) is 18.2 Å². The number of nitrogens with zero attached hydrogens (tertiary/aromatic N) is 2. The van der Waals surface area contributed by atoms with Gasteiger partial charge < -0.3 is 5.32 Å². The average molecular weight is 452 g/mol. The van der Waals surface area contributed by atoms with Crippen molar-refractivity contribution in [1.29, 1.82) is 0 Å². The lowest BCUT2D eigenvalue weighted by Crippen LogP contribution is -2.32. The van der Waals surface area contributed by atoms with E-state index in [0.717, 1.165) is 59.8 Å². The van der Waals surface area contributed by atoms with E-state index >= 15 is 0 Å². The quantitative estimate of drug-likeness (QED) is 0.575. The molecule has 0 spiro atoms. The summed E-state index contributed by atoms with van der Waals surface area (Å²) in [7, 11) is 0. The van der Waals surface area contributed by atoms with Crippen LogP contribution in [0.25, 0.3) is 10.2 Å². The maximum atomic E-state index is 13.0. The molecule has 1 N–H and O–H groups in total. The van der Waals surface area contributed by atoms with Crippen LogP contribution < -0.4 is 5.32 Å². The van der Waals surface area contributed by atoms with Crippen molar-refractivity contribution >= 4 is 44.9 Å². The van der Waals surface area contributed by atoms with Gasteiger partial charge in [0.2, 0.25) is 0 Å². The number of carbonyl (C=O) groups is 1. The fourth-order valence-electron chi connectivity index (χ4n) is 3.43. The molecule has 9 heteroatoms. The lowest BCUT2D eigenvalue weighted by Gasteiger charge is -2.27. The van der Waals surface area contributed by atoms with Gasteiger partial charge in [0.25, 0.3) is 5.91 Å². The van der Waals surface area contributed by atoms with Crippen LogP contribution in [0.3, 0.4) is 0 Å². The number of rotatable bonds is 4. The topological polar surface area (TPSA) is 45.2 Å². The number of aromatic nitrogens is 1. The molecule has 0 unspecified atom stereocenters. The molecule has 1 amide bonds. The zero-order valence-electron chi connectivity index (χ0n) is 16.3. The van der Waals surface area contributed by atoms with Crippen molar-refractivity contribution in [2.45, 2.75) is 19.6 Å². The molecule has 0 radical (unpaired) electrons. The van der Waals surface area contributed by atoms with Gasteiger partial charge in [0, 0.05) is 42.2 Å². The Morgan fingerprint density at radius 3 is 2.63 bits per heavy atom. The Kier molecular flexibility index (Phi) is 6.04. The van der Waals surface area contributed by atoms with E-state index in [0.29, 0.717) is 15.8 Å². The van der Waals surface area contributed by atoms with Crippen LogP contribution in [0, 0.1) is 6.92 Å². The summed E-state index contributed by atoms with van der Waals surface area (Å²) in [5.41, 5.74) is 1.43. The summed E-state index contributed by atoms with van der Waals surface area (Å²) in [5.74, 6) is 1.87. The Morgan fingerprint density at radius 2 is 1.90 bits per heavy atom. The van der Waals surface area contributed by atoms with E-state index in [9.17, 15) is 18.0 Å². The number of thioether (sulfide) groups is 1. The van der Waals surface area contributed by atoms with Crippen molar-refractivity contribution in [3.63, 3.8) is 0 Å². The lowest BCUT2D eigenvalue weighted by atomic mass is 10.1.